The van der Waals surface area contributed by atoms with Gasteiger partial charge in [-0.15, -0.1) is 0 Å². The molecule has 3 heteroatoms. The van der Waals surface area contributed by atoms with E-state index in [4.69, 9.17) is 0 Å². The lowest BCUT2D eigenvalue weighted by Crippen LogP contribution is -2.29. The normalized spacial score (nSPS) is 26.0. The summed E-state index contributed by atoms with van der Waals surface area (Å²) in [5, 5.41) is 6.50. The summed E-state index contributed by atoms with van der Waals surface area (Å²) in [5.74, 6) is 0.743. The first-order valence-electron chi connectivity index (χ1n) is 6.91. The smallest absolute Gasteiger partial charge is 0.220 e. The molecule has 2 unspecified atom stereocenters. The van der Waals surface area contributed by atoms with E-state index in [0.717, 1.165) is 32.4 Å². The molecule has 1 fully saturated rings. The highest BCUT2D eigenvalue weighted by atomic mass is 16.1. The highest BCUT2D eigenvalue weighted by molar-refractivity contribution is 5.77. The van der Waals surface area contributed by atoms with Gasteiger partial charge in [-0.2, -0.15) is 0 Å². The summed E-state index contributed by atoms with van der Waals surface area (Å²) in [4.78, 5) is 12.0. The van der Waals surface area contributed by atoms with Gasteiger partial charge in [-0.3, -0.25) is 4.79 Å². The molecule has 3 nitrogen and oxygen atoms in total. The number of benzene rings is 1. The standard InChI is InChI=1S/C15H20N2O/c18-15(9-11-7-8-16-10-11)17-14-6-5-12-3-1-2-4-13(12)14/h1-4,11,14,16H,5-10H2,(H,17,18). The summed E-state index contributed by atoms with van der Waals surface area (Å²) in [6.45, 7) is 2.05. The molecule has 1 amide bonds. The molecule has 1 saturated heterocycles. The summed E-state index contributed by atoms with van der Waals surface area (Å²) >= 11 is 0. The highest BCUT2D eigenvalue weighted by Crippen LogP contribution is 2.30. The fourth-order valence-electron chi connectivity index (χ4n) is 3.11. The van der Waals surface area contributed by atoms with Gasteiger partial charge in [-0.05, 0) is 49.4 Å². The summed E-state index contributed by atoms with van der Waals surface area (Å²) in [6.07, 6.45) is 3.94. The number of nitrogens with one attached hydrogen (secondary N) is 2. The van der Waals surface area contributed by atoms with Gasteiger partial charge in [0.05, 0.1) is 6.04 Å². The van der Waals surface area contributed by atoms with E-state index in [2.05, 4.69) is 34.9 Å². The van der Waals surface area contributed by atoms with Crippen LogP contribution in [0.2, 0.25) is 0 Å². The summed E-state index contributed by atoms with van der Waals surface area (Å²) in [7, 11) is 0. The van der Waals surface area contributed by atoms with Crippen LogP contribution in [0.3, 0.4) is 0 Å². The van der Waals surface area contributed by atoms with Gasteiger partial charge in [0.15, 0.2) is 0 Å². The molecule has 0 radical (unpaired) electrons. The van der Waals surface area contributed by atoms with Crippen molar-refractivity contribution >= 4 is 5.91 Å². The minimum Gasteiger partial charge on any atom is -0.349 e. The summed E-state index contributed by atoms with van der Waals surface area (Å²) < 4.78 is 0. The van der Waals surface area contributed by atoms with Crippen molar-refractivity contribution in [1.29, 1.82) is 0 Å². The lowest BCUT2D eigenvalue weighted by atomic mass is 10.0. The SMILES string of the molecule is O=C(CC1CCNC1)NC1CCc2ccccc21. The number of carbonyl (C=O) groups excluding carboxylic acids is 1. The summed E-state index contributed by atoms with van der Waals surface area (Å²) in [5.41, 5.74) is 2.71. The molecular formula is C15H20N2O. The average Bonchev–Trinajstić information content (AvgIpc) is 3.00. The molecule has 96 valence electrons. The highest BCUT2D eigenvalue weighted by Gasteiger charge is 2.25. The largest absolute Gasteiger partial charge is 0.349 e. The van der Waals surface area contributed by atoms with Crippen molar-refractivity contribution in [3.8, 4) is 0 Å². The van der Waals surface area contributed by atoms with Crippen LogP contribution in [0.15, 0.2) is 24.3 Å². The predicted molar refractivity (Wildman–Crippen MR) is 71.2 cm³/mol. The van der Waals surface area contributed by atoms with Gasteiger partial charge in [0.2, 0.25) is 5.91 Å². The number of hydrogen-bond acceptors (Lipinski definition) is 2. The van der Waals surface area contributed by atoms with E-state index in [1.807, 2.05) is 0 Å². The third-order valence-corrected chi connectivity index (χ3v) is 4.10. The number of amides is 1. The van der Waals surface area contributed by atoms with Crippen molar-refractivity contribution in [2.24, 2.45) is 5.92 Å². The van der Waals surface area contributed by atoms with Gasteiger partial charge in [0.25, 0.3) is 0 Å². The van der Waals surface area contributed by atoms with Crippen molar-refractivity contribution in [1.82, 2.24) is 10.6 Å². The van der Waals surface area contributed by atoms with Crippen LogP contribution in [0, 0.1) is 5.92 Å². The maximum atomic E-state index is 12.0. The Labute approximate surface area is 108 Å². The molecule has 2 atom stereocenters. The fourth-order valence-corrected chi connectivity index (χ4v) is 3.11. The van der Waals surface area contributed by atoms with Crippen molar-refractivity contribution in [3.63, 3.8) is 0 Å². The minimum atomic E-state index is 0.213. The van der Waals surface area contributed by atoms with Gasteiger partial charge >= 0.3 is 0 Å². The van der Waals surface area contributed by atoms with Gasteiger partial charge in [0, 0.05) is 6.42 Å². The molecule has 1 aliphatic carbocycles. The maximum absolute atomic E-state index is 12.0. The third-order valence-electron chi connectivity index (χ3n) is 4.10. The molecule has 0 saturated carbocycles. The van der Waals surface area contributed by atoms with Gasteiger partial charge in [-0.1, -0.05) is 24.3 Å². The van der Waals surface area contributed by atoms with Crippen LogP contribution < -0.4 is 10.6 Å². The Morgan fingerprint density at radius 2 is 2.22 bits per heavy atom. The maximum Gasteiger partial charge on any atom is 0.220 e. The zero-order valence-corrected chi connectivity index (χ0v) is 10.6. The molecule has 1 heterocycles. The van der Waals surface area contributed by atoms with E-state index < -0.39 is 0 Å². The number of carbonyl (C=O) groups is 1. The second kappa shape index (κ2) is 5.11. The van der Waals surface area contributed by atoms with Crippen molar-refractivity contribution in [2.75, 3.05) is 13.1 Å². The monoisotopic (exact) mass is 244 g/mol. The van der Waals surface area contributed by atoms with Crippen molar-refractivity contribution in [2.45, 2.75) is 31.7 Å². The van der Waals surface area contributed by atoms with Crippen LogP contribution in [0.25, 0.3) is 0 Å². The molecule has 3 rings (SSSR count). The second-order valence-electron chi connectivity index (χ2n) is 5.42. The zero-order chi connectivity index (χ0) is 12.4. The first-order valence-corrected chi connectivity index (χ1v) is 6.91. The first-order chi connectivity index (χ1) is 8.83. The Morgan fingerprint density at radius 3 is 3.06 bits per heavy atom. The Bertz CT molecular complexity index is 438. The lowest BCUT2D eigenvalue weighted by molar-refractivity contribution is -0.122. The van der Waals surface area contributed by atoms with E-state index in [9.17, 15) is 4.79 Å². The van der Waals surface area contributed by atoms with Crippen LogP contribution in [-0.4, -0.2) is 19.0 Å². The lowest BCUT2D eigenvalue weighted by Gasteiger charge is -2.15. The Hall–Kier alpha value is -1.35. The van der Waals surface area contributed by atoms with Crippen LogP contribution in [0.5, 0.6) is 0 Å². The molecule has 1 aromatic rings. The van der Waals surface area contributed by atoms with Crippen molar-refractivity contribution in [3.05, 3.63) is 35.4 Å². The molecule has 2 N–H and O–H groups in total. The quantitative estimate of drug-likeness (QED) is 0.851. The molecule has 0 bridgehead atoms. The van der Waals surface area contributed by atoms with E-state index in [-0.39, 0.29) is 11.9 Å². The predicted octanol–water partition coefficient (Wildman–Crippen LogP) is 1.79. The molecular weight excluding hydrogens is 224 g/mol. The van der Waals surface area contributed by atoms with Gasteiger partial charge < -0.3 is 10.6 Å². The van der Waals surface area contributed by atoms with E-state index >= 15 is 0 Å². The van der Waals surface area contributed by atoms with Crippen LogP contribution >= 0.6 is 0 Å². The Morgan fingerprint density at radius 1 is 1.33 bits per heavy atom. The average molecular weight is 244 g/mol. The van der Waals surface area contributed by atoms with E-state index in [0.29, 0.717) is 12.3 Å². The zero-order valence-electron chi connectivity index (χ0n) is 10.6. The number of rotatable bonds is 3. The van der Waals surface area contributed by atoms with Crippen molar-refractivity contribution < 1.29 is 4.79 Å². The molecule has 0 aromatic heterocycles. The number of hydrogen-bond donors (Lipinski definition) is 2. The molecule has 1 aliphatic heterocycles. The minimum absolute atomic E-state index is 0.213. The molecule has 2 aliphatic rings. The van der Waals surface area contributed by atoms with Crippen LogP contribution in [0.4, 0.5) is 0 Å². The molecule has 18 heavy (non-hydrogen) atoms. The molecule has 0 spiro atoms. The van der Waals surface area contributed by atoms with E-state index in [1.54, 1.807) is 0 Å². The molecule has 1 aromatic carbocycles. The second-order valence-corrected chi connectivity index (χ2v) is 5.42. The van der Waals surface area contributed by atoms with Crippen LogP contribution in [-0.2, 0) is 11.2 Å². The first kappa shape index (κ1) is 11.7. The third kappa shape index (κ3) is 2.41. The van der Waals surface area contributed by atoms with Gasteiger partial charge in [-0.25, -0.2) is 0 Å². The summed E-state index contributed by atoms with van der Waals surface area (Å²) in [6, 6.07) is 8.69. The Kier molecular flexibility index (Phi) is 3.33. The van der Waals surface area contributed by atoms with E-state index in [1.165, 1.54) is 11.1 Å². The number of aryl methyl sites for hydroxylation is 1. The fraction of sp³-hybridized carbons (Fsp3) is 0.533. The number of fused-ring (bicyclic) bond motifs is 1. The topological polar surface area (TPSA) is 41.1 Å². The van der Waals surface area contributed by atoms with Gasteiger partial charge in [0.1, 0.15) is 0 Å². The Balaban J connectivity index is 1.58. The van der Waals surface area contributed by atoms with Crippen LogP contribution in [0.1, 0.15) is 36.4 Å².